The minimum atomic E-state index is 0.105. The fraction of sp³-hybridized carbons (Fsp3) is 0.0870. The van der Waals surface area contributed by atoms with Crippen LogP contribution in [0.5, 0.6) is 5.75 Å². The highest BCUT2D eigenvalue weighted by molar-refractivity contribution is 6.40. The van der Waals surface area contributed by atoms with E-state index in [4.69, 9.17) is 48.4 Å². The van der Waals surface area contributed by atoms with E-state index in [-0.39, 0.29) is 12.5 Å². The molecule has 6 nitrogen and oxygen atoms in total. The van der Waals surface area contributed by atoms with Crippen LogP contribution in [-0.2, 0) is 6.61 Å². The Hall–Kier alpha value is -3.06. The van der Waals surface area contributed by atoms with Crippen molar-refractivity contribution in [3.8, 4) is 29.0 Å². The van der Waals surface area contributed by atoms with Crippen LogP contribution in [0.2, 0.25) is 15.1 Å². The summed E-state index contributed by atoms with van der Waals surface area (Å²) in [5, 5.41) is 10.3. The van der Waals surface area contributed by atoms with E-state index >= 15 is 0 Å². The zero-order chi connectivity index (χ0) is 22.2. The molecule has 3 heterocycles. The van der Waals surface area contributed by atoms with E-state index in [2.05, 4.69) is 21.2 Å². The molecule has 0 saturated carbocycles. The third kappa shape index (κ3) is 4.17. The zero-order valence-electron chi connectivity index (χ0n) is 16.6. The van der Waals surface area contributed by atoms with Gasteiger partial charge in [0.2, 0.25) is 0 Å². The van der Waals surface area contributed by atoms with E-state index in [0.717, 1.165) is 10.9 Å². The summed E-state index contributed by atoms with van der Waals surface area (Å²) in [4.78, 5) is 4.60. The Labute approximate surface area is 197 Å². The molecule has 0 unspecified atom stereocenters. The van der Waals surface area contributed by atoms with E-state index < -0.39 is 0 Å². The van der Waals surface area contributed by atoms with Gasteiger partial charge >= 0.3 is 0 Å². The van der Waals surface area contributed by atoms with Crippen LogP contribution >= 0.6 is 34.8 Å². The number of furan rings is 1. The normalized spacial score (nSPS) is 11.2. The number of nitrogens with zero attached hydrogens (tertiary/aromatic N) is 3. The molecule has 160 valence electrons. The molecular formula is C23H14Cl3N3O3. The van der Waals surface area contributed by atoms with Crippen molar-refractivity contribution in [2.45, 2.75) is 13.5 Å². The predicted molar refractivity (Wildman–Crippen MR) is 123 cm³/mol. The van der Waals surface area contributed by atoms with Gasteiger partial charge in [-0.25, -0.2) is 4.98 Å². The van der Waals surface area contributed by atoms with Crippen LogP contribution in [0.25, 0.3) is 34.1 Å². The molecule has 0 aliphatic rings. The minimum Gasteiger partial charge on any atom is -0.483 e. The van der Waals surface area contributed by atoms with Gasteiger partial charge in [0.25, 0.3) is 11.8 Å². The fourth-order valence-corrected chi connectivity index (χ4v) is 4.10. The van der Waals surface area contributed by atoms with Crippen LogP contribution in [0.3, 0.4) is 0 Å². The molecule has 0 amide bonds. The molecule has 3 aromatic heterocycles. The van der Waals surface area contributed by atoms with Crippen LogP contribution in [0.15, 0.2) is 63.4 Å². The van der Waals surface area contributed by atoms with Crippen LogP contribution < -0.4 is 4.74 Å². The summed E-state index contributed by atoms with van der Waals surface area (Å²) >= 11 is 18.2. The van der Waals surface area contributed by atoms with Crippen molar-refractivity contribution in [3.63, 3.8) is 0 Å². The molecule has 32 heavy (non-hydrogen) atoms. The van der Waals surface area contributed by atoms with Crippen molar-refractivity contribution in [2.24, 2.45) is 0 Å². The molecular weight excluding hydrogens is 473 g/mol. The molecule has 0 fully saturated rings. The van der Waals surface area contributed by atoms with Gasteiger partial charge in [-0.3, -0.25) is 0 Å². The molecule has 0 bridgehead atoms. The summed E-state index contributed by atoms with van der Waals surface area (Å²) in [6.45, 7) is 2.15. The van der Waals surface area contributed by atoms with Gasteiger partial charge in [0.05, 0.1) is 15.6 Å². The average molecular weight is 487 g/mol. The summed E-state index contributed by atoms with van der Waals surface area (Å²) in [6.07, 6.45) is 0. The second kappa shape index (κ2) is 8.47. The number of benzene rings is 2. The van der Waals surface area contributed by atoms with Crippen LogP contribution in [0.4, 0.5) is 0 Å². The monoisotopic (exact) mass is 485 g/mol. The van der Waals surface area contributed by atoms with E-state index in [1.165, 1.54) is 5.56 Å². The second-order valence-electron chi connectivity index (χ2n) is 7.06. The highest BCUT2D eigenvalue weighted by Crippen LogP contribution is 2.36. The van der Waals surface area contributed by atoms with Gasteiger partial charge in [-0.15, -0.1) is 10.2 Å². The van der Waals surface area contributed by atoms with Crippen molar-refractivity contribution >= 4 is 45.7 Å². The number of pyridine rings is 1. The Morgan fingerprint density at radius 2 is 1.62 bits per heavy atom. The zero-order valence-corrected chi connectivity index (χ0v) is 18.9. The Morgan fingerprint density at radius 3 is 2.44 bits per heavy atom. The van der Waals surface area contributed by atoms with Crippen LogP contribution in [0, 0.1) is 6.92 Å². The molecule has 0 aliphatic heterocycles. The molecule has 5 rings (SSSR count). The number of fused-ring (bicyclic) bond motifs is 1. The molecule has 0 saturated heterocycles. The fourth-order valence-electron chi connectivity index (χ4n) is 3.17. The van der Waals surface area contributed by atoms with Crippen molar-refractivity contribution in [1.82, 2.24) is 15.2 Å². The first kappa shape index (κ1) is 20.8. The van der Waals surface area contributed by atoms with Crippen molar-refractivity contribution in [1.29, 1.82) is 0 Å². The summed E-state index contributed by atoms with van der Waals surface area (Å²) in [5.74, 6) is 1.80. The first-order valence-electron chi connectivity index (χ1n) is 9.54. The lowest BCUT2D eigenvalue weighted by Crippen LogP contribution is -1.95. The van der Waals surface area contributed by atoms with Gasteiger partial charge in [-0.1, -0.05) is 52.5 Å². The molecule has 0 spiro atoms. The largest absolute Gasteiger partial charge is 0.483 e. The number of aryl methyl sites for hydroxylation is 1. The molecule has 0 atom stereocenters. The predicted octanol–water partition coefficient (Wildman–Crippen LogP) is 7.39. The van der Waals surface area contributed by atoms with Crippen LogP contribution in [0.1, 0.15) is 11.3 Å². The van der Waals surface area contributed by atoms with E-state index in [1.807, 2.05) is 31.2 Å². The number of ether oxygens (including phenoxy) is 1. The SMILES string of the molecule is Cc1ccc2nc(-c3nnc(-c4ccc(COc5c(Cl)cc(Cl)cc5Cl)o4)o3)ccc2c1. The number of rotatable bonds is 5. The maximum atomic E-state index is 6.14. The molecule has 0 N–H and O–H groups in total. The quantitative estimate of drug-likeness (QED) is 0.258. The summed E-state index contributed by atoms with van der Waals surface area (Å²) in [5.41, 5.74) is 2.61. The smallest absolute Gasteiger partial charge is 0.283 e. The number of hydrogen-bond acceptors (Lipinski definition) is 6. The Kier molecular flexibility index (Phi) is 5.51. The minimum absolute atomic E-state index is 0.105. The lowest BCUT2D eigenvalue weighted by Gasteiger charge is -2.08. The van der Waals surface area contributed by atoms with Crippen molar-refractivity contribution in [3.05, 3.63) is 81.0 Å². The topological polar surface area (TPSA) is 74.2 Å². The highest BCUT2D eigenvalue weighted by Gasteiger charge is 2.16. The Bertz CT molecular complexity index is 1420. The molecule has 0 radical (unpaired) electrons. The molecule has 5 aromatic rings. The molecule has 9 heteroatoms. The first-order chi connectivity index (χ1) is 15.5. The lowest BCUT2D eigenvalue weighted by molar-refractivity contribution is 0.271. The maximum Gasteiger partial charge on any atom is 0.283 e. The van der Waals surface area contributed by atoms with Gasteiger partial charge < -0.3 is 13.6 Å². The summed E-state index contributed by atoms with van der Waals surface area (Å²) < 4.78 is 17.2. The van der Waals surface area contributed by atoms with Crippen LogP contribution in [-0.4, -0.2) is 15.2 Å². The van der Waals surface area contributed by atoms with Gasteiger partial charge in [0, 0.05) is 10.4 Å². The highest BCUT2D eigenvalue weighted by atomic mass is 35.5. The van der Waals surface area contributed by atoms with Gasteiger partial charge in [-0.2, -0.15) is 0 Å². The van der Waals surface area contributed by atoms with Gasteiger partial charge in [0.15, 0.2) is 11.5 Å². The second-order valence-corrected chi connectivity index (χ2v) is 8.31. The van der Waals surface area contributed by atoms with E-state index in [0.29, 0.717) is 43.9 Å². The summed E-state index contributed by atoms with van der Waals surface area (Å²) in [7, 11) is 0. The molecule has 2 aromatic carbocycles. The molecule has 0 aliphatic carbocycles. The third-order valence-corrected chi connectivity index (χ3v) is 5.46. The van der Waals surface area contributed by atoms with Crippen molar-refractivity contribution < 1.29 is 13.6 Å². The summed E-state index contributed by atoms with van der Waals surface area (Å²) in [6, 6.07) is 16.4. The lowest BCUT2D eigenvalue weighted by atomic mass is 10.1. The maximum absolute atomic E-state index is 6.14. The van der Waals surface area contributed by atoms with Gasteiger partial charge in [0.1, 0.15) is 18.1 Å². The number of halogens is 3. The van der Waals surface area contributed by atoms with E-state index in [1.54, 1.807) is 24.3 Å². The average Bonchev–Trinajstić information content (AvgIpc) is 3.42. The van der Waals surface area contributed by atoms with E-state index in [9.17, 15) is 0 Å². The Morgan fingerprint density at radius 1 is 0.844 bits per heavy atom. The Balaban J connectivity index is 1.34. The number of aromatic nitrogens is 3. The third-order valence-electron chi connectivity index (χ3n) is 4.68. The van der Waals surface area contributed by atoms with Crippen molar-refractivity contribution in [2.75, 3.05) is 0 Å². The van der Waals surface area contributed by atoms with Gasteiger partial charge in [-0.05, 0) is 49.4 Å². The standard InChI is InChI=1S/C23H14Cl3N3O3/c1-12-2-5-18-13(8-12)3-6-19(27-18)22-28-29-23(32-22)20-7-4-15(31-20)11-30-21-16(25)9-14(24)10-17(21)26/h2-10H,11H2,1H3. The first-order valence-corrected chi connectivity index (χ1v) is 10.7. The number of hydrogen-bond donors (Lipinski definition) is 0.